The second-order valence-electron chi connectivity index (χ2n) is 3.47. The Labute approximate surface area is 103 Å². The molecule has 0 aliphatic carbocycles. The van der Waals surface area contributed by atoms with E-state index in [1.54, 1.807) is 30.3 Å². The number of nitrogens with one attached hydrogen (secondary N) is 2. The summed E-state index contributed by atoms with van der Waals surface area (Å²) in [6.45, 7) is 1.30. The third-order valence-electron chi connectivity index (χ3n) is 2.20. The van der Waals surface area contributed by atoms with Gasteiger partial charge in [0.15, 0.2) is 0 Å². The molecule has 0 saturated carbocycles. The second kappa shape index (κ2) is 6.36. The molecule has 0 bridgehead atoms. The molecule has 0 heterocycles. The second-order valence-corrected chi connectivity index (χ2v) is 3.47. The normalized spacial score (nSPS) is 11.2. The van der Waals surface area contributed by atoms with Crippen molar-refractivity contribution in [2.45, 2.75) is 6.92 Å². The quantitative estimate of drug-likeness (QED) is 0.495. The summed E-state index contributed by atoms with van der Waals surface area (Å²) < 4.78 is 0. The predicted molar refractivity (Wildman–Crippen MR) is 61.5 cm³/mol. The van der Waals surface area contributed by atoms with Crippen molar-refractivity contribution in [3.8, 4) is 0 Å². The number of amides is 2. The van der Waals surface area contributed by atoms with Gasteiger partial charge in [0, 0.05) is 5.56 Å². The molecule has 0 spiro atoms. The summed E-state index contributed by atoms with van der Waals surface area (Å²) in [5.74, 6) is 1.45. The van der Waals surface area contributed by atoms with Gasteiger partial charge < -0.3 is 4.84 Å². The molecule has 18 heavy (non-hydrogen) atoms. The van der Waals surface area contributed by atoms with Crippen LogP contribution in [-0.2, 0) is 14.4 Å². The molecule has 0 aromatic heterocycles. The molecule has 1 aromatic rings. The molecule has 2 amide bonds. The molecule has 0 aliphatic heterocycles. The van der Waals surface area contributed by atoms with E-state index in [9.17, 15) is 14.4 Å². The zero-order valence-electron chi connectivity index (χ0n) is 9.67. The van der Waals surface area contributed by atoms with Gasteiger partial charge in [0.25, 0.3) is 11.8 Å². The van der Waals surface area contributed by atoms with Gasteiger partial charge in [0.2, 0.25) is 0 Å². The van der Waals surface area contributed by atoms with Crippen molar-refractivity contribution in [1.29, 1.82) is 0 Å². The summed E-state index contributed by atoms with van der Waals surface area (Å²) in [7, 11) is 0. The van der Waals surface area contributed by atoms with Crippen molar-refractivity contribution in [3.05, 3.63) is 35.9 Å². The van der Waals surface area contributed by atoms with Crippen LogP contribution in [0.25, 0.3) is 0 Å². The molecule has 96 valence electrons. The summed E-state index contributed by atoms with van der Waals surface area (Å²) in [5.41, 5.74) is 4.65. The molecular formula is C11H13N3O4. The van der Waals surface area contributed by atoms with Crippen molar-refractivity contribution < 1.29 is 19.2 Å². The average molecular weight is 251 g/mol. The number of carbonyl (C=O) groups excluding carboxylic acids is 3. The van der Waals surface area contributed by atoms with Crippen LogP contribution in [0.4, 0.5) is 0 Å². The highest BCUT2D eigenvalue weighted by molar-refractivity contribution is 5.99. The molecule has 1 rings (SSSR count). The lowest BCUT2D eigenvalue weighted by atomic mass is 10.2. The molecule has 1 atom stereocenters. The lowest BCUT2D eigenvalue weighted by molar-refractivity contribution is -0.152. The number of carbonyl (C=O) groups is 3. The van der Waals surface area contributed by atoms with Gasteiger partial charge >= 0.3 is 5.97 Å². The molecule has 4 N–H and O–H groups in total. The van der Waals surface area contributed by atoms with Gasteiger partial charge in [0.1, 0.15) is 5.92 Å². The molecule has 1 aromatic carbocycles. The first kappa shape index (κ1) is 13.7. The van der Waals surface area contributed by atoms with E-state index < -0.39 is 23.7 Å². The van der Waals surface area contributed by atoms with Crippen LogP contribution in [0.15, 0.2) is 30.3 Å². The number of hydrogen-bond acceptors (Lipinski definition) is 5. The lowest BCUT2D eigenvalue weighted by Crippen LogP contribution is -2.46. The Hall–Kier alpha value is -2.41. The smallest absolute Gasteiger partial charge is 0.336 e. The molecular weight excluding hydrogens is 238 g/mol. The van der Waals surface area contributed by atoms with Crippen molar-refractivity contribution in [2.75, 3.05) is 0 Å². The molecule has 0 radical (unpaired) electrons. The van der Waals surface area contributed by atoms with Crippen LogP contribution in [0.5, 0.6) is 0 Å². The molecule has 0 saturated heterocycles. The maximum absolute atomic E-state index is 11.5. The highest BCUT2D eigenvalue weighted by Crippen LogP contribution is 1.98. The third kappa shape index (κ3) is 3.56. The van der Waals surface area contributed by atoms with Crippen molar-refractivity contribution in [3.63, 3.8) is 0 Å². The Morgan fingerprint density at radius 2 is 1.78 bits per heavy atom. The highest BCUT2D eigenvalue weighted by Gasteiger charge is 2.22. The van der Waals surface area contributed by atoms with E-state index in [0.717, 1.165) is 0 Å². The van der Waals surface area contributed by atoms with Gasteiger partial charge in [-0.15, -0.1) is 0 Å². The SMILES string of the molecule is C[C@@H](C(=O)NNC(=O)c1ccccc1)C(=O)ON. The molecule has 0 aliphatic rings. The Morgan fingerprint density at radius 1 is 1.17 bits per heavy atom. The minimum absolute atomic E-state index is 0.381. The standard InChI is InChI=1S/C11H13N3O4/c1-7(11(17)18-12)9(15)13-14-10(16)8-5-3-2-4-6-8/h2-7H,12H2,1H3,(H,13,15)(H,14,16)/t7-/m0/s1. The van der Waals surface area contributed by atoms with E-state index in [1.807, 2.05) is 0 Å². The number of benzene rings is 1. The van der Waals surface area contributed by atoms with Crippen LogP contribution in [0.2, 0.25) is 0 Å². The van der Waals surface area contributed by atoms with Crippen LogP contribution in [0.1, 0.15) is 17.3 Å². The van der Waals surface area contributed by atoms with Crippen molar-refractivity contribution >= 4 is 17.8 Å². The molecule has 0 fully saturated rings. The Bertz CT molecular complexity index is 447. The monoisotopic (exact) mass is 251 g/mol. The number of hydrazine groups is 1. The van der Waals surface area contributed by atoms with Gasteiger partial charge in [-0.05, 0) is 19.1 Å². The van der Waals surface area contributed by atoms with Crippen LogP contribution >= 0.6 is 0 Å². The van der Waals surface area contributed by atoms with Gasteiger partial charge in [-0.2, -0.15) is 5.90 Å². The van der Waals surface area contributed by atoms with Crippen molar-refractivity contribution in [1.82, 2.24) is 10.9 Å². The zero-order chi connectivity index (χ0) is 13.5. The summed E-state index contributed by atoms with van der Waals surface area (Å²) in [4.78, 5) is 37.8. The lowest BCUT2D eigenvalue weighted by Gasteiger charge is -2.10. The van der Waals surface area contributed by atoms with E-state index in [1.165, 1.54) is 6.92 Å². The summed E-state index contributed by atoms with van der Waals surface area (Å²) in [6, 6.07) is 8.29. The maximum atomic E-state index is 11.5. The summed E-state index contributed by atoms with van der Waals surface area (Å²) in [6.07, 6.45) is 0. The van der Waals surface area contributed by atoms with Crippen LogP contribution < -0.4 is 16.7 Å². The maximum Gasteiger partial charge on any atom is 0.336 e. The Kier molecular flexibility index (Phi) is 4.82. The zero-order valence-corrected chi connectivity index (χ0v) is 9.67. The first-order chi connectivity index (χ1) is 8.56. The average Bonchev–Trinajstić information content (AvgIpc) is 2.43. The molecule has 7 nitrogen and oxygen atoms in total. The Balaban J connectivity index is 2.49. The topological polar surface area (TPSA) is 111 Å². The molecule has 7 heteroatoms. The summed E-state index contributed by atoms with van der Waals surface area (Å²) >= 11 is 0. The van der Waals surface area contributed by atoms with E-state index >= 15 is 0 Å². The summed E-state index contributed by atoms with van der Waals surface area (Å²) in [5, 5.41) is 0. The number of nitrogens with two attached hydrogens (primary N) is 1. The van der Waals surface area contributed by atoms with Gasteiger partial charge in [-0.1, -0.05) is 18.2 Å². The predicted octanol–water partition coefficient (Wildman–Crippen LogP) is -0.499. The molecule has 0 unspecified atom stereocenters. The fourth-order valence-electron chi connectivity index (χ4n) is 1.10. The number of rotatable bonds is 3. The van der Waals surface area contributed by atoms with Crippen LogP contribution in [0.3, 0.4) is 0 Å². The van der Waals surface area contributed by atoms with E-state index in [-0.39, 0.29) is 0 Å². The van der Waals surface area contributed by atoms with Crippen molar-refractivity contribution in [2.24, 2.45) is 11.8 Å². The fraction of sp³-hybridized carbons (Fsp3) is 0.182. The highest BCUT2D eigenvalue weighted by atomic mass is 16.7. The van der Waals surface area contributed by atoms with E-state index in [2.05, 4.69) is 21.6 Å². The van der Waals surface area contributed by atoms with Gasteiger partial charge in [0.05, 0.1) is 0 Å². The van der Waals surface area contributed by atoms with Crippen LogP contribution in [-0.4, -0.2) is 17.8 Å². The van der Waals surface area contributed by atoms with E-state index in [4.69, 9.17) is 0 Å². The largest absolute Gasteiger partial charge is 0.373 e. The number of hydrogen-bond donors (Lipinski definition) is 3. The Morgan fingerprint density at radius 3 is 2.33 bits per heavy atom. The first-order valence-corrected chi connectivity index (χ1v) is 5.12. The minimum Gasteiger partial charge on any atom is -0.373 e. The van der Waals surface area contributed by atoms with Gasteiger partial charge in [-0.25, -0.2) is 4.79 Å². The minimum atomic E-state index is -1.11. The van der Waals surface area contributed by atoms with Gasteiger partial charge in [-0.3, -0.25) is 20.4 Å². The third-order valence-corrected chi connectivity index (χ3v) is 2.20. The van der Waals surface area contributed by atoms with E-state index in [0.29, 0.717) is 5.56 Å². The van der Waals surface area contributed by atoms with Crippen LogP contribution in [0, 0.1) is 5.92 Å². The first-order valence-electron chi connectivity index (χ1n) is 5.12. The fourth-order valence-corrected chi connectivity index (χ4v) is 1.10.